The number of fused-ring (bicyclic) bond motifs is 1. The van der Waals surface area contributed by atoms with Crippen LogP contribution in [0.25, 0.3) is 0 Å². The fourth-order valence-corrected chi connectivity index (χ4v) is 3.49. The minimum absolute atomic E-state index is 0.0640. The lowest BCUT2D eigenvalue weighted by atomic mass is 10.1. The van der Waals surface area contributed by atoms with Crippen LogP contribution in [0.2, 0.25) is 0 Å². The molecule has 27 heavy (non-hydrogen) atoms. The van der Waals surface area contributed by atoms with Crippen LogP contribution in [0.4, 0.5) is 31.5 Å². The minimum Gasteiger partial charge on any atom is -0.350 e. The Morgan fingerprint density at radius 3 is 2.56 bits per heavy atom. The van der Waals surface area contributed by atoms with Gasteiger partial charge in [0.1, 0.15) is 5.69 Å². The summed E-state index contributed by atoms with van der Waals surface area (Å²) < 4.78 is 48.4. The molecule has 0 atom stereocenters. The average Bonchev–Trinajstić information content (AvgIpc) is 2.88. The Balaban J connectivity index is 1.98. The van der Waals surface area contributed by atoms with Crippen molar-refractivity contribution in [1.82, 2.24) is 0 Å². The second-order valence-corrected chi connectivity index (χ2v) is 7.76. The molecule has 0 fully saturated rings. The predicted molar refractivity (Wildman–Crippen MR) is 93.1 cm³/mol. The molecule has 8 nitrogen and oxygen atoms in total. The number of halogens is 2. The second-order valence-electron chi connectivity index (χ2n) is 5.84. The fraction of sp³-hybridized carbons (Fsp3) is 0.188. The highest BCUT2D eigenvalue weighted by Gasteiger charge is 2.29. The summed E-state index contributed by atoms with van der Waals surface area (Å²) in [6.07, 6.45) is 0.190. The quantitative estimate of drug-likeness (QED) is 0.614. The Morgan fingerprint density at radius 1 is 1.22 bits per heavy atom. The van der Waals surface area contributed by atoms with Gasteiger partial charge in [-0.1, -0.05) is 0 Å². The maximum atomic E-state index is 12.7. The standard InChI is InChI=1S/C16H13F2N3O5S/c1-20-13-5-2-10(6-9(13)7-15(20)22)19-12-4-3-11(8-14(12)21(23)24)27(25,26)16(17)18/h2-6,8,16,19H,7H2,1H3. The van der Waals surface area contributed by atoms with Gasteiger partial charge in [0.05, 0.1) is 16.2 Å². The van der Waals surface area contributed by atoms with Crippen molar-refractivity contribution in [3.8, 4) is 0 Å². The smallest absolute Gasteiger partial charge is 0.341 e. The summed E-state index contributed by atoms with van der Waals surface area (Å²) in [6, 6.07) is 7.43. The van der Waals surface area contributed by atoms with E-state index < -0.39 is 31.1 Å². The molecular weight excluding hydrogens is 384 g/mol. The number of carbonyl (C=O) groups excluding carboxylic acids is 1. The van der Waals surface area contributed by atoms with Gasteiger partial charge in [-0.3, -0.25) is 14.9 Å². The molecule has 1 aliphatic heterocycles. The Morgan fingerprint density at radius 2 is 1.93 bits per heavy atom. The molecule has 2 aromatic rings. The highest BCUT2D eigenvalue weighted by Crippen LogP contribution is 2.34. The molecule has 2 aromatic carbocycles. The fourth-order valence-electron chi connectivity index (χ4n) is 2.75. The molecule has 0 saturated heterocycles. The van der Waals surface area contributed by atoms with E-state index in [4.69, 9.17) is 0 Å². The lowest BCUT2D eigenvalue weighted by molar-refractivity contribution is -0.384. The van der Waals surface area contributed by atoms with Crippen LogP contribution in [0.5, 0.6) is 0 Å². The first kappa shape index (κ1) is 18.7. The first-order valence-corrected chi connectivity index (χ1v) is 9.13. The van der Waals surface area contributed by atoms with E-state index in [1.807, 2.05) is 0 Å². The Hall–Kier alpha value is -3.08. The molecule has 0 unspecified atom stereocenters. The number of alkyl halides is 2. The van der Waals surface area contributed by atoms with Crippen LogP contribution < -0.4 is 10.2 Å². The number of amides is 1. The zero-order valence-corrected chi connectivity index (χ0v) is 14.7. The number of carbonyl (C=O) groups is 1. The van der Waals surface area contributed by atoms with Gasteiger partial charge in [-0.2, -0.15) is 8.78 Å². The van der Waals surface area contributed by atoms with E-state index in [9.17, 15) is 32.1 Å². The van der Waals surface area contributed by atoms with Gasteiger partial charge in [-0.25, -0.2) is 8.42 Å². The number of hydrogen-bond acceptors (Lipinski definition) is 6. The lowest BCUT2D eigenvalue weighted by Crippen LogP contribution is -2.20. The minimum atomic E-state index is -4.95. The molecule has 0 radical (unpaired) electrons. The number of nitro benzene ring substituents is 1. The zero-order valence-electron chi connectivity index (χ0n) is 13.8. The Kier molecular flexibility index (Phi) is 4.56. The summed E-state index contributed by atoms with van der Waals surface area (Å²) in [4.78, 5) is 22.8. The molecule has 1 heterocycles. The van der Waals surface area contributed by atoms with Gasteiger partial charge < -0.3 is 10.2 Å². The molecule has 1 amide bonds. The van der Waals surface area contributed by atoms with Crippen molar-refractivity contribution in [3.63, 3.8) is 0 Å². The molecule has 3 rings (SSSR count). The number of rotatable bonds is 5. The van der Waals surface area contributed by atoms with Crippen LogP contribution in [0, 0.1) is 10.1 Å². The van der Waals surface area contributed by atoms with E-state index in [2.05, 4.69) is 5.32 Å². The van der Waals surface area contributed by atoms with E-state index in [0.717, 1.165) is 23.4 Å². The number of nitro groups is 1. The molecule has 0 bridgehead atoms. The van der Waals surface area contributed by atoms with Crippen molar-refractivity contribution in [2.45, 2.75) is 17.1 Å². The monoisotopic (exact) mass is 397 g/mol. The molecule has 1 N–H and O–H groups in total. The third-order valence-electron chi connectivity index (χ3n) is 4.16. The summed E-state index contributed by atoms with van der Waals surface area (Å²) in [5, 5.41) is 14.0. The van der Waals surface area contributed by atoms with Crippen molar-refractivity contribution in [3.05, 3.63) is 52.1 Å². The van der Waals surface area contributed by atoms with Crippen molar-refractivity contribution in [2.75, 3.05) is 17.3 Å². The summed E-state index contributed by atoms with van der Waals surface area (Å²) in [5.74, 6) is -3.77. The number of nitrogens with one attached hydrogen (secondary N) is 1. The zero-order chi connectivity index (χ0) is 19.9. The first-order chi connectivity index (χ1) is 12.6. The van der Waals surface area contributed by atoms with Crippen molar-refractivity contribution in [2.24, 2.45) is 0 Å². The van der Waals surface area contributed by atoms with Gasteiger partial charge >= 0.3 is 5.76 Å². The highest BCUT2D eigenvalue weighted by atomic mass is 32.2. The maximum absolute atomic E-state index is 12.7. The average molecular weight is 397 g/mol. The van der Waals surface area contributed by atoms with Gasteiger partial charge in [0.25, 0.3) is 5.69 Å². The third kappa shape index (κ3) is 3.33. The molecule has 142 valence electrons. The van der Waals surface area contributed by atoms with Crippen LogP contribution in [-0.2, 0) is 21.1 Å². The Bertz CT molecular complexity index is 1060. The SMILES string of the molecule is CN1C(=O)Cc2cc(Nc3ccc(S(=O)(=O)C(F)F)cc3[N+](=O)[O-])ccc21. The molecule has 0 saturated carbocycles. The van der Waals surface area contributed by atoms with Gasteiger partial charge in [0, 0.05) is 24.5 Å². The topological polar surface area (TPSA) is 110 Å². The van der Waals surface area contributed by atoms with Crippen LogP contribution in [-0.4, -0.2) is 32.1 Å². The predicted octanol–water partition coefficient (Wildman–Crippen LogP) is 2.85. The van der Waals surface area contributed by atoms with Crippen LogP contribution in [0.1, 0.15) is 5.56 Å². The van der Waals surface area contributed by atoms with Gasteiger partial charge in [0.2, 0.25) is 15.7 Å². The molecule has 11 heteroatoms. The number of likely N-dealkylation sites (N-methyl/N-ethyl adjacent to an activating group) is 1. The van der Waals surface area contributed by atoms with Crippen molar-refractivity contribution in [1.29, 1.82) is 0 Å². The highest BCUT2D eigenvalue weighted by molar-refractivity contribution is 7.91. The molecular formula is C16H13F2N3O5S. The number of benzene rings is 2. The van der Waals surface area contributed by atoms with E-state index >= 15 is 0 Å². The summed E-state index contributed by atoms with van der Waals surface area (Å²) in [7, 11) is -3.32. The normalized spacial score (nSPS) is 13.8. The maximum Gasteiger partial charge on any atom is 0.341 e. The number of sulfone groups is 1. The van der Waals surface area contributed by atoms with Crippen LogP contribution in [0.15, 0.2) is 41.3 Å². The summed E-state index contributed by atoms with van der Waals surface area (Å²) in [6.45, 7) is 0. The largest absolute Gasteiger partial charge is 0.350 e. The van der Waals surface area contributed by atoms with E-state index in [0.29, 0.717) is 11.8 Å². The van der Waals surface area contributed by atoms with E-state index in [1.165, 1.54) is 4.90 Å². The van der Waals surface area contributed by atoms with Crippen molar-refractivity contribution >= 4 is 38.5 Å². The summed E-state index contributed by atoms with van der Waals surface area (Å²) in [5.41, 5.74) is 1.16. The number of nitrogens with zero attached hydrogens (tertiary/aromatic N) is 2. The molecule has 0 aliphatic carbocycles. The first-order valence-electron chi connectivity index (χ1n) is 7.58. The molecule has 0 aromatic heterocycles. The second kappa shape index (κ2) is 6.58. The van der Waals surface area contributed by atoms with Gasteiger partial charge in [-0.15, -0.1) is 0 Å². The third-order valence-corrected chi connectivity index (χ3v) is 5.54. The lowest BCUT2D eigenvalue weighted by Gasteiger charge is -2.12. The van der Waals surface area contributed by atoms with E-state index in [1.54, 1.807) is 25.2 Å². The number of anilines is 3. The molecule has 1 aliphatic rings. The van der Waals surface area contributed by atoms with Crippen LogP contribution in [0.3, 0.4) is 0 Å². The van der Waals surface area contributed by atoms with E-state index in [-0.39, 0.29) is 18.0 Å². The molecule has 0 spiro atoms. The summed E-state index contributed by atoms with van der Waals surface area (Å²) >= 11 is 0. The van der Waals surface area contributed by atoms with Gasteiger partial charge in [0.15, 0.2) is 0 Å². The van der Waals surface area contributed by atoms with Crippen LogP contribution >= 0.6 is 0 Å². The van der Waals surface area contributed by atoms with Crippen molar-refractivity contribution < 1.29 is 26.9 Å². The van der Waals surface area contributed by atoms with Gasteiger partial charge in [-0.05, 0) is 35.9 Å². The Labute approximate surface area is 152 Å². The number of hydrogen-bond donors (Lipinski definition) is 1.